The summed E-state index contributed by atoms with van der Waals surface area (Å²) in [5, 5.41) is 29.1. The molecule has 0 spiro atoms. The number of H-pyrrole nitrogens is 1. The molecule has 2 aromatic heterocycles. The number of nitrogen functional groups attached to an aromatic ring is 1. The number of rotatable bonds is 3. The van der Waals surface area contributed by atoms with E-state index in [1.807, 2.05) is 0 Å². The maximum absolute atomic E-state index is 13.2. The fourth-order valence-electron chi connectivity index (χ4n) is 2.54. The molecule has 12 heteroatoms. The predicted molar refractivity (Wildman–Crippen MR) is 70.5 cm³/mol. The number of aromatic nitrogens is 4. The van der Waals surface area contributed by atoms with E-state index in [0.29, 0.717) is 0 Å². The molecule has 1 aliphatic rings. The molecule has 6 N–H and O–H groups in total. The van der Waals surface area contributed by atoms with Crippen LogP contribution in [0, 0.1) is 0 Å². The van der Waals surface area contributed by atoms with E-state index in [-0.39, 0.29) is 17.1 Å². The number of alkyl halides is 2. The number of hydrogen-bond acceptors (Lipinski definition) is 8. The topological polar surface area (TPSA) is 160 Å². The molecule has 3 heterocycles. The van der Waals surface area contributed by atoms with Crippen molar-refractivity contribution in [3.63, 3.8) is 0 Å². The Kier molecular flexibility index (Phi) is 3.55. The number of halogens is 2. The summed E-state index contributed by atoms with van der Waals surface area (Å²) in [6, 6.07) is 0. The van der Waals surface area contributed by atoms with Gasteiger partial charge in [0.1, 0.15) is 12.2 Å². The van der Waals surface area contributed by atoms with Crippen LogP contribution in [0.2, 0.25) is 0 Å². The highest BCUT2D eigenvalue weighted by Gasteiger charge is 2.60. The zero-order valence-corrected chi connectivity index (χ0v) is 11.4. The van der Waals surface area contributed by atoms with Crippen molar-refractivity contribution in [2.45, 2.75) is 30.5 Å². The minimum atomic E-state index is -3.27. The van der Waals surface area contributed by atoms with Crippen LogP contribution >= 0.6 is 0 Å². The highest BCUT2D eigenvalue weighted by atomic mass is 19.3. The van der Waals surface area contributed by atoms with Gasteiger partial charge in [-0.2, -0.15) is 4.98 Å². The molecule has 3 rings (SSSR count). The number of nitrogens with one attached hydrogen (secondary N) is 1. The number of imidazole rings is 1. The van der Waals surface area contributed by atoms with Gasteiger partial charge in [0.15, 0.2) is 23.0 Å². The molecule has 4 atom stereocenters. The Balaban J connectivity index is 2.11. The Morgan fingerprint density at radius 2 is 2.22 bits per heavy atom. The van der Waals surface area contributed by atoms with E-state index in [1.54, 1.807) is 0 Å². The molecule has 2 aromatic rings. The maximum Gasteiger partial charge on any atom is 0.280 e. The predicted octanol–water partition coefficient (Wildman–Crippen LogP) is -2.05. The monoisotopic (exact) mass is 333 g/mol. The van der Waals surface area contributed by atoms with Crippen molar-refractivity contribution in [3.8, 4) is 0 Å². The van der Waals surface area contributed by atoms with Gasteiger partial charge in [0.05, 0.1) is 12.9 Å². The first-order valence-corrected chi connectivity index (χ1v) is 6.47. The summed E-state index contributed by atoms with van der Waals surface area (Å²) < 4.78 is 32.5. The van der Waals surface area contributed by atoms with E-state index < -0.39 is 42.6 Å². The number of aliphatic hydroxyl groups excluding tert-OH is 3. The smallest absolute Gasteiger partial charge is 0.280 e. The van der Waals surface area contributed by atoms with Crippen LogP contribution in [0.1, 0.15) is 6.23 Å². The van der Waals surface area contributed by atoms with E-state index in [0.717, 1.165) is 10.9 Å². The van der Waals surface area contributed by atoms with E-state index >= 15 is 0 Å². The van der Waals surface area contributed by atoms with E-state index in [2.05, 4.69) is 15.0 Å². The van der Waals surface area contributed by atoms with Gasteiger partial charge in [0.2, 0.25) is 5.95 Å². The molecule has 0 bridgehead atoms. The normalized spacial score (nSPS) is 31.3. The van der Waals surface area contributed by atoms with Crippen molar-refractivity contribution in [2.75, 3.05) is 12.3 Å². The fraction of sp³-hybridized carbons (Fsp3) is 0.545. The van der Waals surface area contributed by atoms with E-state index in [1.165, 1.54) is 0 Å². The molecule has 0 aliphatic carbocycles. The number of anilines is 1. The second-order valence-electron chi connectivity index (χ2n) is 5.13. The zero-order valence-electron chi connectivity index (χ0n) is 11.4. The van der Waals surface area contributed by atoms with Crippen LogP contribution in [0.3, 0.4) is 0 Å². The lowest BCUT2D eigenvalue weighted by Crippen LogP contribution is -2.52. The summed E-state index contributed by atoms with van der Waals surface area (Å²) in [5.41, 5.74) is 1.83. The second-order valence-corrected chi connectivity index (χ2v) is 5.13. The molecule has 23 heavy (non-hydrogen) atoms. The van der Waals surface area contributed by atoms with Crippen LogP contribution in [0.5, 0.6) is 0 Å². The molecule has 1 fully saturated rings. The summed E-state index contributed by atoms with van der Waals surface area (Å²) in [5.74, 6) is -0.250. The quantitative estimate of drug-likeness (QED) is 0.429. The first-order valence-electron chi connectivity index (χ1n) is 6.47. The third-order valence-electron chi connectivity index (χ3n) is 3.80. The van der Waals surface area contributed by atoms with E-state index in [9.17, 15) is 28.9 Å². The highest BCUT2D eigenvalue weighted by molar-refractivity contribution is 5.70. The van der Waals surface area contributed by atoms with Crippen molar-refractivity contribution in [3.05, 3.63) is 16.7 Å². The lowest BCUT2D eigenvalue weighted by molar-refractivity contribution is -0.194. The number of nitrogens with zero attached hydrogens (tertiary/aromatic N) is 3. The van der Waals surface area contributed by atoms with Crippen molar-refractivity contribution in [2.24, 2.45) is 0 Å². The average Bonchev–Trinajstić information content (AvgIpc) is 3.01. The van der Waals surface area contributed by atoms with Crippen LogP contribution in [0.4, 0.5) is 14.7 Å². The minimum Gasteiger partial charge on any atom is -0.393 e. The summed E-state index contributed by atoms with van der Waals surface area (Å²) >= 11 is 0. The molecular weight excluding hydrogens is 320 g/mol. The number of nitrogens with two attached hydrogens (primary N) is 1. The van der Waals surface area contributed by atoms with Crippen LogP contribution in [0.25, 0.3) is 11.2 Å². The van der Waals surface area contributed by atoms with Gasteiger partial charge in [-0.1, -0.05) is 0 Å². The summed E-state index contributed by atoms with van der Waals surface area (Å²) in [6.45, 7) is -1.22. The van der Waals surface area contributed by atoms with Crippen LogP contribution in [-0.4, -0.2) is 65.7 Å². The van der Waals surface area contributed by atoms with Crippen LogP contribution in [-0.2, 0) is 4.74 Å². The van der Waals surface area contributed by atoms with Crippen LogP contribution in [0.15, 0.2) is 11.1 Å². The van der Waals surface area contributed by atoms with Gasteiger partial charge in [0, 0.05) is 0 Å². The zero-order chi connectivity index (χ0) is 16.9. The molecule has 0 saturated carbocycles. The van der Waals surface area contributed by atoms with Gasteiger partial charge >= 0.3 is 0 Å². The lowest BCUT2D eigenvalue weighted by Gasteiger charge is -2.28. The lowest BCUT2D eigenvalue weighted by atomic mass is 9.96. The number of aliphatic hydroxyl groups is 3. The third kappa shape index (κ3) is 2.10. The Bertz CT molecular complexity index is 795. The first kappa shape index (κ1) is 15.7. The number of aromatic amines is 1. The third-order valence-corrected chi connectivity index (χ3v) is 3.80. The van der Waals surface area contributed by atoms with Gasteiger partial charge in [0.25, 0.3) is 12.0 Å². The van der Waals surface area contributed by atoms with Crippen LogP contribution < -0.4 is 11.3 Å². The Hall–Kier alpha value is -2.15. The van der Waals surface area contributed by atoms with Gasteiger partial charge in [-0.05, 0) is 0 Å². The van der Waals surface area contributed by atoms with Gasteiger partial charge in [-0.25, -0.2) is 13.8 Å². The molecule has 1 saturated heterocycles. The molecular formula is C11H13F2N5O5. The second kappa shape index (κ2) is 5.19. The van der Waals surface area contributed by atoms with E-state index in [4.69, 9.17) is 10.5 Å². The highest BCUT2D eigenvalue weighted by Crippen LogP contribution is 2.41. The molecule has 126 valence electrons. The fourth-order valence-corrected chi connectivity index (χ4v) is 2.54. The van der Waals surface area contributed by atoms with Crippen molar-refractivity contribution in [1.82, 2.24) is 19.5 Å². The molecule has 10 nitrogen and oxygen atoms in total. The molecule has 0 aromatic carbocycles. The van der Waals surface area contributed by atoms with Gasteiger partial charge in [-0.3, -0.25) is 14.3 Å². The van der Waals surface area contributed by atoms with Crippen molar-refractivity contribution in [1.29, 1.82) is 0 Å². The minimum absolute atomic E-state index is 0.120. The maximum atomic E-state index is 13.2. The van der Waals surface area contributed by atoms with Gasteiger partial charge in [-0.15, -0.1) is 0 Å². The summed E-state index contributed by atoms with van der Waals surface area (Å²) in [6.07, 6.45) is -7.64. The Morgan fingerprint density at radius 1 is 1.52 bits per heavy atom. The number of fused-ring (bicyclic) bond motifs is 1. The average molecular weight is 333 g/mol. The summed E-state index contributed by atoms with van der Waals surface area (Å²) in [7, 11) is 0. The molecule has 0 unspecified atom stereocenters. The molecule has 0 radical (unpaired) electrons. The molecule has 0 amide bonds. The number of ether oxygens (including phenoxy) is 1. The standard InChI is InChI=1S/C11H13F2N5O5/c12-9(13)11(1-19)5(21)4(20)8(23-11)18-2-15-3-6(18)16-10(14)17-7(3)22/h2,4-5,8-9,19-21H,1H2,(H3,14,16,17,22)/t4-,5-,8-,11-/m1/s1. The van der Waals surface area contributed by atoms with Crippen molar-refractivity contribution < 1.29 is 28.8 Å². The van der Waals surface area contributed by atoms with Crippen molar-refractivity contribution >= 4 is 17.1 Å². The SMILES string of the molecule is Nc1nc2c(ncn2[C@@H]2O[C@@](CO)(C(F)F)[C@H](O)[C@H]2O)c(=O)[nH]1. The molecule has 1 aliphatic heterocycles. The Morgan fingerprint density at radius 3 is 2.78 bits per heavy atom. The number of hydrogen-bond donors (Lipinski definition) is 5. The first-order chi connectivity index (χ1) is 10.8. The largest absolute Gasteiger partial charge is 0.393 e. The van der Waals surface area contributed by atoms with Gasteiger partial charge < -0.3 is 25.8 Å². The summed E-state index contributed by atoms with van der Waals surface area (Å²) in [4.78, 5) is 21.5. The Labute approximate surface area is 126 Å².